The number of benzene rings is 3. The van der Waals surface area contributed by atoms with E-state index in [0.29, 0.717) is 17.7 Å². The molecule has 29 heavy (non-hydrogen) atoms. The number of rotatable bonds is 5. The van der Waals surface area contributed by atoms with Gasteiger partial charge in [0.2, 0.25) is 0 Å². The van der Waals surface area contributed by atoms with Gasteiger partial charge in [0.05, 0.1) is 5.56 Å². The van der Waals surface area contributed by atoms with Crippen LogP contribution in [0.4, 0.5) is 26.3 Å². The fraction of sp³-hybridized carbons (Fsp3) is 0.143. The van der Waals surface area contributed by atoms with E-state index in [9.17, 15) is 26.3 Å². The predicted octanol–water partition coefficient (Wildman–Crippen LogP) is 7.29. The van der Waals surface area contributed by atoms with Crippen LogP contribution in [-0.4, -0.2) is 10.5 Å². The molecule has 0 heterocycles. The standard InChI is InChI=1S/C21H13F6IO/c1-11-2-4-12(5-3-11)13-6-15(22)19(16(23)7-13)14-8-17(24)20(18(25)9-14)29-10-21(26,27)28/h2-9H,10H2,1H3. The van der Waals surface area contributed by atoms with E-state index >= 15 is 0 Å². The molecule has 0 amide bonds. The van der Waals surface area contributed by atoms with E-state index in [4.69, 9.17) is 0 Å². The van der Waals surface area contributed by atoms with E-state index in [1.54, 1.807) is 24.3 Å². The first-order chi connectivity index (χ1) is 13.5. The number of halogens is 7. The maximum absolute atomic E-state index is 14.6. The normalized spacial score (nSPS) is 11.6. The van der Waals surface area contributed by atoms with Gasteiger partial charge in [-0.2, -0.15) is 8.78 Å². The highest BCUT2D eigenvalue weighted by atomic mass is 127. The molecule has 0 N–H and O–H groups in total. The van der Waals surface area contributed by atoms with Crippen molar-refractivity contribution in [2.24, 2.45) is 0 Å². The summed E-state index contributed by atoms with van der Waals surface area (Å²) in [6, 6.07) is 10.3. The minimum absolute atomic E-state index is 0.258. The van der Waals surface area contributed by atoms with Gasteiger partial charge < -0.3 is 4.74 Å². The Hall–Kier alpha value is -2.23. The maximum Gasteiger partial charge on any atom is 0.329 e. The van der Waals surface area contributed by atoms with E-state index in [0.717, 1.165) is 40.3 Å². The summed E-state index contributed by atoms with van der Waals surface area (Å²) in [5.74, 6) is -5.77. The number of ether oxygens (including phenoxy) is 1. The summed E-state index contributed by atoms with van der Waals surface area (Å²) in [6.45, 7) is 0.612. The first-order valence-electron chi connectivity index (χ1n) is 8.30. The summed E-state index contributed by atoms with van der Waals surface area (Å²) in [5, 5.41) is 0. The van der Waals surface area contributed by atoms with Crippen molar-refractivity contribution < 1.29 is 31.1 Å². The van der Waals surface area contributed by atoms with Gasteiger partial charge in [0.1, 0.15) is 11.6 Å². The summed E-state index contributed by atoms with van der Waals surface area (Å²) in [7, 11) is 0. The predicted molar refractivity (Wildman–Crippen MR) is 106 cm³/mol. The summed E-state index contributed by atoms with van der Waals surface area (Å²) in [4.78, 5) is 0. The number of hydrogen-bond donors (Lipinski definition) is 0. The third-order valence-corrected chi connectivity index (χ3v) is 4.41. The van der Waals surface area contributed by atoms with E-state index < -0.39 is 50.7 Å². The molecule has 3 rings (SSSR count). The van der Waals surface area contributed by atoms with Crippen molar-refractivity contribution in [1.82, 2.24) is 0 Å². The highest BCUT2D eigenvalue weighted by Crippen LogP contribution is 2.35. The molecule has 0 saturated heterocycles. The molecule has 3 aromatic carbocycles. The molecular weight excluding hydrogens is 509 g/mol. The first kappa shape index (κ1) is 21.5. The molecule has 0 fully saturated rings. The van der Waals surface area contributed by atoms with Crippen molar-refractivity contribution in [3.05, 3.63) is 77.4 Å². The average molecular weight is 522 g/mol. The minimum Gasteiger partial charge on any atom is -0.480 e. The van der Waals surface area contributed by atoms with Crippen molar-refractivity contribution in [1.29, 1.82) is 0 Å². The second-order valence-electron chi connectivity index (χ2n) is 6.35. The van der Waals surface area contributed by atoms with Gasteiger partial charge in [-0.05, 0) is 47.9 Å². The second-order valence-corrected chi connectivity index (χ2v) is 7.93. The van der Waals surface area contributed by atoms with Gasteiger partial charge in [-0.25, -0.2) is 17.6 Å². The molecule has 0 aromatic heterocycles. The van der Waals surface area contributed by atoms with Gasteiger partial charge in [-0.15, -0.1) is 0 Å². The minimum atomic E-state index is -3.33. The molecule has 0 bridgehead atoms. The number of alkyl halides is 3. The number of aryl methyl sites for hydroxylation is 1. The molecular formula is C21H13F6IO. The van der Waals surface area contributed by atoms with Gasteiger partial charge >= 0.3 is 3.93 Å². The zero-order chi connectivity index (χ0) is 21.3. The van der Waals surface area contributed by atoms with Crippen molar-refractivity contribution in [2.75, 3.05) is 6.61 Å². The zero-order valence-electron chi connectivity index (χ0n) is 14.9. The summed E-state index contributed by atoms with van der Waals surface area (Å²) < 4.78 is 84.4. The quantitative estimate of drug-likeness (QED) is 0.194. The molecule has 0 aliphatic rings. The van der Waals surface area contributed by atoms with Crippen molar-refractivity contribution in [3.8, 4) is 28.0 Å². The molecule has 0 spiro atoms. The van der Waals surface area contributed by atoms with E-state index in [2.05, 4.69) is 4.74 Å². The lowest BCUT2D eigenvalue weighted by Crippen LogP contribution is -2.18. The monoisotopic (exact) mass is 522 g/mol. The second kappa shape index (κ2) is 8.25. The zero-order valence-corrected chi connectivity index (χ0v) is 17.0. The highest BCUT2D eigenvalue weighted by Gasteiger charge is 2.27. The molecule has 8 heteroatoms. The molecule has 152 valence electrons. The Bertz CT molecular complexity index is 998. The lowest BCUT2D eigenvalue weighted by Gasteiger charge is -2.14. The maximum atomic E-state index is 14.6. The summed E-state index contributed by atoms with van der Waals surface area (Å²) >= 11 is 0.759. The van der Waals surface area contributed by atoms with Gasteiger partial charge in [0.25, 0.3) is 0 Å². The third-order valence-electron chi connectivity index (χ3n) is 4.09. The van der Waals surface area contributed by atoms with Crippen LogP contribution in [0.25, 0.3) is 22.3 Å². The van der Waals surface area contributed by atoms with Crippen LogP contribution in [0.15, 0.2) is 48.5 Å². The van der Waals surface area contributed by atoms with E-state index in [1.807, 2.05) is 6.92 Å². The SMILES string of the molecule is Cc1ccc(-c2cc(F)c(-c3cc(F)c(OCC(F)(F)I)c(F)c3)c(F)c2)cc1. The third kappa shape index (κ3) is 5.04. The molecule has 0 radical (unpaired) electrons. The Kier molecular flexibility index (Phi) is 6.11. The van der Waals surface area contributed by atoms with Crippen LogP contribution in [-0.2, 0) is 0 Å². The Morgan fingerprint density at radius 3 is 1.72 bits per heavy atom. The smallest absolute Gasteiger partial charge is 0.329 e. The van der Waals surface area contributed by atoms with Crippen LogP contribution in [0, 0.1) is 30.2 Å². The molecule has 3 aromatic rings. The highest BCUT2D eigenvalue weighted by molar-refractivity contribution is 14.1. The van der Waals surface area contributed by atoms with E-state index in [1.165, 1.54) is 0 Å². The molecule has 0 aliphatic heterocycles. The van der Waals surface area contributed by atoms with Gasteiger partial charge in [-0.3, -0.25) is 0 Å². The fourth-order valence-corrected chi connectivity index (χ4v) is 2.91. The number of hydrogen-bond acceptors (Lipinski definition) is 1. The Labute approximate surface area is 176 Å². The van der Waals surface area contributed by atoms with Crippen molar-refractivity contribution in [3.63, 3.8) is 0 Å². The molecule has 1 nitrogen and oxygen atoms in total. The molecule has 0 atom stereocenters. The Morgan fingerprint density at radius 1 is 0.759 bits per heavy atom. The van der Waals surface area contributed by atoms with Crippen LogP contribution in [0.2, 0.25) is 0 Å². The van der Waals surface area contributed by atoms with Crippen LogP contribution in [0.1, 0.15) is 5.56 Å². The van der Waals surface area contributed by atoms with Crippen molar-refractivity contribution in [2.45, 2.75) is 10.9 Å². The van der Waals surface area contributed by atoms with Crippen molar-refractivity contribution >= 4 is 22.6 Å². The Morgan fingerprint density at radius 2 is 1.24 bits per heavy atom. The average Bonchev–Trinajstić information content (AvgIpc) is 2.60. The summed E-state index contributed by atoms with van der Waals surface area (Å²) in [6.07, 6.45) is 0. The fourth-order valence-electron chi connectivity index (χ4n) is 2.76. The lowest BCUT2D eigenvalue weighted by atomic mass is 9.98. The van der Waals surface area contributed by atoms with Gasteiger partial charge in [0.15, 0.2) is 24.0 Å². The van der Waals surface area contributed by atoms with Crippen LogP contribution >= 0.6 is 22.6 Å². The lowest BCUT2D eigenvalue weighted by molar-refractivity contribution is 0.0610. The van der Waals surface area contributed by atoms with Gasteiger partial charge in [0, 0.05) is 22.6 Å². The van der Waals surface area contributed by atoms with Crippen LogP contribution in [0.5, 0.6) is 5.75 Å². The largest absolute Gasteiger partial charge is 0.480 e. The van der Waals surface area contributed by atoms with Crippen LogP contribution < -0.4 is 4.74 Å². The Balaban J connectivity index is 1.99. The molecule has 0 unspecified atom stereocenters. The van der Waals surface area contributed by atoms with E-state index in [-0.39, 0.29) is 5.56 Å². The molecule has 0 saturated carbocycles. The van der Waals surface area contributed by atoms with Gasteiger partial charge in [-0.1, -0.05) is 29.8 Å². The first-order valence-corrected chi connectivity index (χ1v) is 9.38. The van der Waals surface area contributed by atoms with Crippen LogP contribution in [0.3, 0.4) is 0 Å². The molecule has 0 aliphatic carbocycles. The topological polar surface area (TPSA) is 9.23 Å². The summed E-state index contributed by atoms with van der Waals surface area (Å²) in [5.41, 5.74) is 0.748.